The molecule has 2 aromatic rings. The highest BCUT2D eigenvalue weighted by atomic mass is 32.1. The van der Waals surface area contributed by atoms with Crippen LogP contribution in [-0.2, 0) is 11.2 Å². The molecule has 0 saturated heterocycles. The van der Waals surface area contributed by atoms with E-state index in [1.54, 1.807) is 6.92 Å². The van der Waals surface area contributed by atoms with E-state index in [-0.39, 0.29) is 11.8 Å². The van der Waals surface area contributed by atoms with E-state index >= 15 is 0 Å². The van der Waals surface area contributed by atoms with Crippen molar-refractivity contribution in [3.8, 4) is 0 Å². The SMILES string of the molecule is CC(=O)Cc1nsc(NC(C)c2ccccc2)n1. The lowest BCUT2D eigenvalue weighted by molar-refractivity contribution is -0.116. The number of hydrogen-bond donors (Lipinski definition) is 1. The quantitative estimate of drug-likeness (QED) is 0.899. The first-order chi connectivity index (χ1) is 8.65. The Morgan fingerprint density at radius 1 is 1.39 bits per heavy atom. The summed E-state index contributed by atoms with van der Waals surface area (Å²) in [6.07, 6.45) is 0.303. The number of ketones is 1. The Morgan fingerprint density at radius 3 is 2.78 bits per heavy atom. The van der Waals surface area contributed by atoms with E-state index in [4.69, 9.17) is 0 Å². The molecule has 5 heteroatoms. The Hall–Kier alpha value is -1.75. The first kappa shape index (κ1) is 12.7. The van der Waals surface area contributed by atoms with Gasteiger partial charge in [0.05, 0.1) is 12.5 Å². The van der Waals surface area contributed by atoms with E-state index in [1.165, 1.54) is 17.1 Å². The molecule has 1 aromatic carbocycles. The third-order valence-electron chi connectivity index (χ3n) is 2.51. The van der Waals surface area contributed by atoms with Gasteiger partial charge in [-0.2, -0.15) is 4.37 Å². The van der Waals surface area contributed by atoms with E-state index in [9.17, 15) is 4.79 Å². The average molecular weight is 261 g/mol. The second kappa shape index (κ2) is 5.73. The van der Waals surface area contributed by atoms with Gasteiger partial charge >= 0.3 is 0 Å². The zero-order valence-electron chi connectivity index (χ0n) is 10.4. The molecule has 0 amide bonds. The van der Waals surface area contributed by atoms with Crippen LogP contribution in [0, 0.1) is 0 Å². The number of Topliss-reactive ketones (excluding diaryl/α,β-unsaturated/α-hetero) is 1. The van der Waals surface area contributed by atoms with Crippen LogP contribution in [0.25, 0.3) is 0 Å². The highest BCUT2D eigenvalue weighted by Crippen LogP contribution is 2.20. The first-order valence-corrected chi connectivity index (χ1v) is 6.56. The fraction of sp³-hybridized carbons (Fsp3) is 0.308. The molecular formula is C13H15N3OS. The number of aromatic nitrogens is 2. The van der Waals surface area contributed by atoms with Crippen molar-refractivity contribution >= 4 is 22.4 Å². The largest absolute Gasteiger partial charge is 0.354 e. The second-order valence-corrected chi connectivity index (χ2v) is 4.92. The molecule has 1 unspecified atom stereocenters. The monoisotopic (exact) mass is 261 g/mol. The fourth-order valence-corrected chi connectivity index (χ4v) is 2.29. The van der Waals surface area contributed by atoms with E-state index in [2.05, 4.69) is 33.7 Å². The highest BCUT2D eigenvalue weighted by Gasteiger charge is 2.09. The summed E-state index contributed by atoms with van der Waals surface area (Å²) in [7, 11) is 0. The van der Waals surface area contributed by atoms with Crippen LogP contribution in [0.4, 0.5) is 5.13 Å². The minimum atomic E-state index is 0.0791. The minimum Gasteiger partial charge on any atom is -0.354 e. The molecule has 0 saturated carbocycles. The molecule has 4 nitrogen and oxygen atoms in total. The predicted octanol–water partition coefficient (Wildman–Crippen LogP) is 2.84. The average Bonchev–Trinajstić information content (AvgIpc) is 2.76. The van der Waals surface area contributed by atoms with Gasteiger partial charge in [0.25, 0.3) is 0 Å². The van der Waals surface area contributed by atoms with E-state index in [0.717, 1.165) is 5.13 Å². The topological polar surface area (TPSA) is 54.9 Å². The van der Waals surface area contributed by atoms with Crippen molar-refractivity contribution < 1.29 is 4.79 Å². The lowest BCUT2D eigenvalue weighted by atomic mass is 10.1. The number of anilines is 1. The van der Waals surface area contributed by atoms with Gasteiger partial charge in [-0.05, 0) is 19.4 Å². The van der Waals surface area contributed by atoms with Crippen molar-refractivity contribution in [3.63, 3.8) is 0 Å². The van der Waals surface area contributed by atoms with Gasteiger partial charge in [-0.1, -0.05) is 30.3 Å². The molecule has 0 aliphatic heterocycles. The number of nitrogens with one attached hydrogen (secondary N) is 1. The first-order valence-electron chi connectivity index (χ1n) is 5.78. The van der Waals surface area contributed by atoms with Crippen LogP contribution in [0.5, 0.6) is 0 Å². The zero-order chi connectivity index (χ0) is 13.0. The van der Waals surface area contributed by atoms with Crippen LogP contribution in [-0.4, -0.2) is 15.1 Å². The van der Waals surface area contributed by atoms with Crippen molar-refractivity contribution in [3.05, 3.63) is 41.7 Å². The van der Waals surface area contributed by atoms with Gasteiger partial charge in [-0.15, -0.1) is 0 Å². The van der Waals surface area contributed by atoms with Gasteiger partial charge in [0, 0.05) is 11.5 Å². The summed E-state index contributed by atoms with van der Waals surface area (Å²) < 4.78 is 4.15. The standard InChI is InChI=1S/C13H15N3OS/c1-9(17)8-12-15-13(18-16-12)14-10(2)11-6-4-3-5-7-11/h3-7,10H,8H2,1-2H3,(H,14,15,16). The van der Waals surface area contributed by atoms with Crippen molar-refractivity contribution in [2.24, 2.45) is 0 Å². The number of nitrogens with zero attached hydrogens (tertiary/aromatic N) is 2. The maximum atomic E-state index is 11.0. The molecule has 0 radical (unpaired) electrons. The van der Waals surface area contributed by atoms with Crippen molar-refractivity contribution in [1.29, 1.82) is 0 Å². The Labute approximate surface area is 110 Å². The van der Waals surface area contributed by atoms with E-state index in [1.807, 2.05) is 18.2 Å². The second-order valence-electron chi connectivity index (χ2n) is 4.17. The van der Waals surface area contributed by atoms with Gasteiger partial charge in [0.2, 0.25) is 5.13 Å². The molecule has 18 heavy (non-hydrogen) atoms. The van der Waals surface area contributed by atoms with Crippen molar-refractivity contribution in [1.82, 2.24) is 9.36 Å². The van der Waals surface area contributed by atoms with E-state index < -0.39 is 0 Å². The number of benzene rings is 1. The number of carbonyl (C=O) groups is 1. The Balaban J connectivity index is 2.01. The van der Waals surface area contributed by atoms with Crippen molar-refractivity contribution in [2.75, 3.05) is 5.32 Å². The molecule has 0 fully saturated rings. The third-order valence-corrected chi connectivity index (χ3v) is 3.20. The van der Waals surface area contributed by atoms with Gasteiger partial charge in [-0.3, -0.25) is 4.79 Å². The van der Waals surface area contributed by atoms with Crippen LogP contribution < -0.4 is 5.32 Å². The highest BCUT2D eigenvalue weighted by molar-refractivity contribution is 7.09. The van der Waals surface area contributed by atoms with Gasteiger partial charge in [0.1, 0.15) is 5.78 Å². The summed E-state index contributed by atoms with van der Waals surface area (Å²) in [6, 6.07) is 10.3. The maximum absolute atomic E-state index is 11.0. The molecule has 0 bridgehead atoms. The molecule has 1 N–H and O–H groups in total. The lowest BCUT2D eigenvalue weighted by Gasteiger charge is -2.12. The molecule has 0 spiro atoms. The summed E-state index contributed by atoms with van der Waals surface area (Å²) in [5.41, 5.74) is 1.20. The summed E-state index contributed by atoms with van der Waals surface area (Å²) >= 11 is 1.29. The molecule has 2 rings (SSSR count). The molecule has 0 aliphatic rings. The minimum absolute atomic E-state index is 0.0791. The maximum Gasteiger partial charge on any atom is 0.203 e. The van der Waals surface area contributed by atoms with Crippen LogP contribution in [0.15, 0.2) is 30.3 Å². The van der Waals surface area contributed by atoms with Crippen LogP contribution in [0.3, 0.4) is 0 Å². The summed E-state index contributed by atoms with van der Waals surface area (Å²) in [6.45, 7) is 3.61. The molecular weight excluding hydrogens is 246 g/mol. The smallest absolute Gasteiger partial charge is 0.203 e. The Morgan fingerprint density at radius 2 is 2.11 bits per heavy atom. The Kier molecular flexibility index (Phi) is 4.04. The van der Waals surface area contributed by atoms with Crippen LogP contribution in [0.2, 0.25) is 0 Å². The third kappa shape index (κ3) is 3.37. The molecule has 1 heterocycles. The predicted molar refractivity (Wildman–Crippen MR) is 72.8 cm³/mol. The number of rotatable bonds is 5. The summed E-state index contributed by atoms with van der Waals surface area (Å²) in [5, 5.41) is 4.04. The molecule has 94 valence electrons. The van der Waals surface area contributed by atoms with Crippen molar-refractivity contribution in [2.45, 2.75) is 26.3 Å². The Bertz CT molecular complexity index is 524. The van der Waals surface area contributed by atoms with Crippen LogP contribution >= 0.6 is 11.5 Å². The van der Waals surface area contributed by atoms with Gasteiger partial charge in [0.15, 0.2) is 5.82 Å². The number of hydrogen-bond acceptors (Lipinski definition) is 5. The summed E-state index contributed by atoms with van der Waals surface area (Å²) in [5.74, 6) is 0.672. The zero-order valence-corrected chi connectivity index (χ0v) is 11.2. The van der Waals surface area contributed by atoms with Gasteiger partial charge in [-0.25, -0.2) is 4.98 Å². The number of carbonyl (C=O) groups excluding carboxylic acids is 1. The molecule has 1 aromatic heterocycles. The summed E-state index contributed by atoms with van der Waals surface area (Å²) in [4.78, 5) is 15.3. The molecule has 0 aliphatic carbocycles. The van der Waals surface area contributed by atoms with Crippen LogP contribution in [0.1, 0.15) is 31.3 Å². The molecule has 1 atom stereocenters. The van der Waals surface area contributed by atoms with E-state index in [0.29, 0.717) is 12.2 Å². The van der Waals surface area contributed by atoms with Gasteiger partial charge < -0.3 is 5.32 Å². The normalized spacial score (nSPS) is 12.1. The fourth-order valence-electron chi connectivity index (χ4n) is 1.62. The lowest BCUT2D eigenvalue weighted by Crippen LogP contribution is -2.06.